The summed E-state index contributed by atoms with van der Waals surface area (Å²) in [5, 5.41) is 0. The number of fused-ring (bicyclic) bond motifs is 1. The molecule has 2 aromatic carbocycles. The van der Waals surface area contributed by atoms with Crippen LogP contribution in [-0.2, 0) is 14.3 Å². The number of carbonyl (C=O) groups is 4. The van der Waals surface area contributed by atoms with Crippen LogP contribution >= 0.6 is 0 Å². The Kier molecular flexibility index (Phi) is 5.78. The molecular weight excluding hydrogens is 406 g/mol. The number of Topliss-reactive ketones (excluding diaryl/α,β-unsaturated/α-hetero) is 1. The van der Waals surface area contributed by atoms with Gasteiger partial charge in [0.25, 0.3) is 0 Å². The van der Waals surface area contributed by atoms with Crippen LogP contribution in [0.3, 0.4) is 0 Å². The van der Waals surface area contributed by atoms with E-state index >= 15 is 0 Å². The molecule has 1 fully saturated rings. The van der Waals surface area contributed by atoms with Gasteiger partial charge < -0.3 is 4.74 Å². The van der Waals surface area contributed by atoms with Gasteiger partial charge in [0.15, 0.2) is 12.4 Å². The van der Waals surface area contributed by atoms with Gasteiger partial charge in [-0.3, -0.25) is 19.3 Å². The summed E-state index contributed by atoms with van der Waals surface area (Å²) in [6.45, 7) is 5.42. The second-order valence-corrected chi connectivity index (χ2v) is 8.52. The number of ether oxygens (including phenoxy) is 1. The molecule has 6 heteroatoms. The molecule has 3 unspecified atom stereocenters. The van der Waals surface area contributed by atoms with Gasteiger partial charge in [0.2, 0.25) is 11.8 Å². The molecule has 0 bridgehead atoms. The molecule has 1 heterocycles. The molecule has 0 aromatic heterocycles. The second kappa shape index (κ2) is 8.54. The molecule has 4 rings (SSSR count). The molecule has 6 nitrogen and oxygen atoms in total. The number of imide groups is 1. The normalized spacial score (nSPS) is 22.1. The fourth-order valence-corrected chi connectivity index (χ4v) is 4.39. The monoisotopic (exact) mass is 431 g/mol. The summed E-state index contributed by atoms with van der Waals surface area (Å²) < 4.78 is 5.21. The van der Waals surface area contributed by atoms with Gasteiger partial charge in [-0.1, -0.05) is 37.3 Å². The number of esters is 1. The molecule has 1 aliphatic heterocycles. The first-order valence-corrected chi connectivity index (χ1v) is 10.7. The van der Waals surface area contributed by atoms with E-state index in [1.165, 1.54) is 17.0 Å². The number of ketones is 1. The van der Waals surface area contributed by atoms with Crippen molar-refractivity contribution in [2.24, 2.45) is 17.8 Å². The minimum atomic E-state index is -0.685. The van der Waals surface area contributed by atoms with Gasteiger partial charge in [-0.2, -0.15) is 0 Å². The lowest BCUT2D eigenvalue weighted by Gasteiger charge is -2.22. The molecule has 1 aliphatic carbocycles. The van der Waals surface area contributed by atoms with Crippen molar-refractivity contribution in [3.05, 3.63) is 76.9 Å². The van der Waals surface area contributed by atoms with Crippen LogP contribution in [0.4, 0.5) is 5.69 Å². The molecule has 2 aromatic rings. The van der Waals surface area contributed by atoms with Crippen LogP contribution in [0.1, 0.15) is 45.2 Å². The lowest BCUT2D eigenvalue weighted by molar-refractivity contribution is -0.122. The van der Waals surface area contributed by atoms with Crippen molar-refractivity contribution in [2.75, 3.05) is 11.5 Å². The smallest absolute Gasteiger partial charge is 0.338 e. The Morgan fingerprint density at radius 2 is 1.78 bits per heavy atom. The standard InChI is InChI=1S/C26H25NO5/c1-15-10-11-18(12-17(15)3)22(28)14-32-26(31)19-7-5-8-20(13-19)27-24(29)21-9-4-6-16(2)23(21)25(27)30/h4-8,10-13,16,21,23H,9,14H2,1-3H3. The number of nitrogens with zero attached hydrogens (tertiary/aromatic N) is 1. The van der Waals surface area contributed by atoms with Crippen LogP contribution < -0.4 is 4.90 Å². The van der Waals surface area contributed by atoms with Crippen molar-refractivity contribution in [1.29, 1.82) is 0 Å². The van der Waals surface area contributed by atoms with Gasteiger partial charge in [0, 0.05) is 5.56 Å². The number of benzene rings is 2. The van der Waals surface area contributed by atoms with Gasteiger partial charge in [0.05, 0.1) is 23.1 Å². The maximum absolute atomic E-state index is 13.0. The van der Waals surface area contributed by atoms with E-state index in [-0.39, 0.29) is 47.5 Å². The first kappa shape index (κ1) is 21.7. The Balaban J connectivity index is 1.47. The van der Waals surface area contributed by atoms with Crippen molar-refractivity contribution in [3.8, 4) is 0 Å². The van der Waals surface area contributed by atoms with Gasteiger partial charge in [-0.15, -0.1) is 0 Å². The number of allylic oxidation sites excluding steroid dienone is 2. The minimum Gasteiger partial charge on any atom is -0.454 e. The molecule has 3 atom stereocenters. The fourth-order valence-electron chi connectivity index (χ4n) is 4.39. The molecular formula is C26H25NO5. The van der Waals surface area contributed by atoms with Crippen molar-refractivity contribution >= 4 is 29.3 Å². The van der Waals surface area contributed by atoms with Crippen LogP contribution in [0.2, 0.25) is 0 Å². The number of hydrogen-bond acceptors (Lipinski definition) is 5. The van der Waals surface area contributed by atoms with Crippen LogP contribution in [0.15, 0.2) is 54.6 Å². The molecule has 32 heavy (non-hydrogen) atoms. The third kappa shape index (κ3) is 3.88. The molecule has 164 valence electrons. The molecule has 2 aliphatic rings. The molecule has 2 amide bonds. The molecule has 0 radical (unpaired) electrons. The number of anilines is 1. The molecule has 1 saturated heterocycles. The predicted molar refractivity (Wildman–Crippen MR) is 119 cm³/mol. The number of amides is 2. The zero-order valence-electron chi connectivity index (χ0n) is 18.3. The summed E-state index contributed by atoms with van der Waals surface area (Å²) in [6, 6.07) is 11.6. The molecule has 0 saturated carbocycles. The van der Waals surface area contributed by atoms with E-state index in [1.54, 1.807) is 24.3 Å². The quantitative estimate of drug-likeness (QED) is 0.309. The van der Waals surface area contributed by atoms with Crippen LogP contribution in [0, 0.1) is 31.6 Å². The van der Waals surface area contributed by atoms with Gasteiger partial charge in [-0.05, 0) is 61.6 Å². The van der Waals surface area contributed by atoms with E-state index in [2.05, 4.69) is 0 Å². The van der Waals surface area contributed by atoms with Crippen molar-refractivity contribution < 1.29 is 23.9 Å². The van der Waals surface area contributed by atoms with Gasteiger partial charge >= 0.3 is 5.97 Å². The number of rotatable bonds is 5. The Morgan fingerprint density at radius 3 is 2.50 bits per heavy atom. The highest BCUT2D eigenvalue weighted by Gasteiger charge is 2.50. The third-order valence-electron chi connectivity index (χ3n) is 6.38. The van der Waals surface area contributed by atoms with E-state index < -0.39 is 5.97 Å². The SMILES string of the molecule is Cc1ccc(C(=O)COC(=O)c2cccc(N3C(=O)C4CC=CC(C)C4C3=O)c2)cc1C. The van der Waals surface area contributed by atoms with Crippen LogP contribution in [0.5, 0.6) is 0 Å². The highest BCUT2D eigenvalue weighted by atomic mass is 16.5. The number of aryl methyl sites for hydroxylation is 2. The lowest BCUT2D eigenvalue weighted by atomic mass is 9.78. The Hall–Kier alpha value is -3.54. The Bertz CT molecular complexity index is 1150. The van der Waals surface area contributed by atoms with E-state index in [4.69, 9.17) is 4.74 Å². The van der Waals surface area contributed by atoms with Gasteiger partial charge in [-0.25, -0.2) is 4.79 Å². The zero-order chi connectivity index (χ0) is 23.0. The van der Waals surface area contributed by atoms with E-state index in [1.807, 2.05) is 39.0 Å². The zero-order valence-corrected chi connectivity index (χ0v) is 18.3. The Morgan fingerprint density at radius 1 is 1.00 bits per heavy atom. The first-order valence-electron chi connectivity index (χ1n) is 10.7. The van der Waals surface area contributed by atoms with Crippen LogP contribution in [0.25, 0.3) is 0 Å². The van der Waals surface area contributed by atoms with E-state index in [0.29, 0.717) is 17.7 Å². The fraction of sp³-hybridized carbons (Fsp3) is 0.308. The maximum Gasteiger partial charge on any atom is 0.338 e. The summed E-state index contributed by atoms with van der Waals surface area (Å²) in [5.41, 5.74) is 3.06. The van der Waals surface area contributed by atoms with E-state index in [0.717, 1.165) is 11.1 Å². The number of carbonyl (C=O) groups excluding carboxylic acids is 4. The topological polar surface area (TPSA) is 80.8 Å². The highest BCUT2D eigenvalue weighted by Crippen LogP contribution is 2.40. The molecule has 0 spiro atoms. The summed E-state index contributed by atoms with van der Waals surface area (Å²) in [5.74, 6) is -2.23. The highest BCUT2D eigenvalue weighted by molar-refractivity contribution is 6.22. The van der Waals surface area contributed by atoms with Crippen molar-refractivity contribution in [2.45, 2.75) is 27.2 Å². The first-order chi connectivity index (χ1) is 15.3. The summed E-state index contributed by atoms with van der Waals surface area (Å²) in [6.07, 6.45) is 4.45. The average molecular weight is 431 g/mol. The summed E-state index contributed by atoms with van der Waals surface area (Å²) >= 11 is 0. The summed E-state index contributed by atoms with van der Waals surface area (Å²) in [7, 11) is 0. The number of hydrogen-bond donors (Lipinski definition) is 0. The minimum absolute atomic E-state index is 0.0141. The molecule has 0 N–H and O–H groups in total. The average Bonchev–Trinajstić information content (AvgIpc) is 3.04. The van der Waals surface area contributed by atoms with Crippen molar-refractivity contribution in [1.82, 2.24) is 0 Å². The van der Waals surface area contributed by atoms with Gasteiger partial charge in [0.1, 0.15) is 0 Å². The Labute approximate surface area is 186 Å². The lowest BCUT2D eigenvalue weighted by Crippen LogP contribution is -2.31. The van der Waals surface area contributed by atoms with Crippen LogP contribution in [-0.4, -0.2) is 30.2 Å². The largest absolute Gasteiger partial charge is 0.454 e. The summed E-state index contributed by atoms with van der Waals surface area (Å²) in [4.78, 5) is 52.0. The maximum atomic E-state index is 13.0. The second-order valence-electron chi connectivity index (χ2n) is 8.52. The van der Waals surface area contributed by atoms with Crippen molar-refractivity contribution in [3.63, 3.8) is 0 Å². The predicted octanol–water partition coefficient (Wildman–Crippen LogP) is 4.04. The third-order valence-corrected chi connectivity index (χ3v) is 6.38. The van der Waals surface area contributed by atoms with E-state index in [9.17, 15) is 19.2 Å².